The van der Waals surface area contributed by atoms with Gasteiger partial charge in [0.05, 0.1) is 23.6 Å². The van der Waals surface area contributed by atoms with Crippen LogP contribution < -0.4 is 10.6 Å². The average Bonchev–Trinajstić information content (AvgIpc) is 3.83. The van der Waals surface area contributed by atoms with E-state index in [1.807, 2.05) is 47.9 Å². The van der Waals surface area contributed by atoms with Gasteiger partial charge in [0.15, 0.2) is 5.82 Å². The van der Waals surface area contributed by atoms with Crippen molar-refractivity contribution in [1.82, 2.24) is 44.6 Å². The molecule has 2 fully saturated rings. The van der Waals surface area contributed by atoms with E-state index in [1.54, 1.807) is 0 Å². The van der Waals surface area contributed by atoms with Crippen LogP contribution in [0.5, 0.6) is 0 Å². The highest BCUT2D eigenvalue weighted by atomic mass is 16.5. The SMILES string of the molecule is CC(C(=O)OC[C@H]1CCCN1)N1CCN(CCn2ccc(Nc3ncc4c(n3)-c3c(nn(C)c3-c3ccccc3)C[C@H]4C)n2)CC1. The third-order valence-electron chi connectivity index (χ3n) is 9.66. The van der Waals surface area contributed by atoms with Gasteiger partial charge in [0.1, 0.15) is 12.6 Å². The highest BCUT2D eigenvalue weighted by Crippen LogP contribution is 2.43. The Bertz CT molecular complexity index is 1650. The Hall–Kier alpha value is -4.13. The van der Waals surface area contributed by atoms with Crippen molar-refractivity contribution < 1.29 is 9.53 Å². The van der Waals surface area contributed by atoms with Crippen molar-refractivity contribution in [2.75, 3.05) is 51.2 Å². The van der Waals surface area contributed by atoms with Crippen LogP contribution in [0.1, 0.15) is 43.9 Å². The van der Waals surface area contributed by atoms with Crippen LogP contribution in [0.15, 0.2) is 48.8 Å². The van der Waals surface area contributed by atoms with Crippen LogP contribution in [0.2, 0.25) is 0 Å². The fourth-order valence-corrected chi connectivity index (χ4v) is 6.95. The first-order valence-electron chi connectivity index (χ1n) is 16.6. The number of hydrogen-bond donors (Lipinski definition) is 2. The van der Waals surface area contributed by atoms with Crippen LogP contribution in [0.4, 0.5) is 11.8 Å². The number of esters is 1. The molecule has 1 aliphatic carbocycles. The number of hydrogen-bond acceptors (Lipinski definition) is 10. The van der Waals surface area contributed by atoms with Gasteiger partial charge in [0, 0.05) is 81.0 Å². The first-order chi connectivity index (χ1) is 22.4. The van der Waals surface area contributed by atoms with E-state index in [0.717, 1.165) is 98.8 Å². The molecule has 0 spiro atoms. The molecular weight excluding hydrogens is 580 g/mol. The Kier molecular flexibility index (Phi) is 8.83. The minimum Gasteiger partial charge on any atom is -0.463 e. The summed E-state index contributed by atoms with van der Waals surface area (Å²) in [6.07, 6.45) is 7.04. The minimum atomic E-state index is -0.216. The van der Waals surface area contributed by atoms with Gasteiger partial charge in [-0.25, -0.2) is 9.97 Å². The molecule has 12 nitrogen and oxygen atoms in total. The molecule has 4 aromatic rings. The third kappa shape index (κ3) is 6.42. The van der Waals surface area contributed by atoms with Gasteiger partial charge in [-0.1, -0.05) is 37.3 Å². The zero-order valence-electron chi connectivity index (χ0n) is 27.0. The maximum atomic E-state index is 12.6. The van der Waals surface area contributed by atoms with Gasteiger partial charge in [-0.2, -0.15) is 10.2 Å². The number of piperazine rings is 1. The Morgan fingerprint density at radius 1 is 1.11 bits per heavy atom. The smallest absolute Gasteiger partial charge is 0.323 e. The first-order valence-corrected chi connectivity index (χ1v) is 16.6. The lowest BCUT2D eigenvalue weighted by Crippen LogP contribution is -2.52. The number of ether oxygens (including phenoxy) is 1. The largest absolute Gasteiger partial charge is 0.463 e. The third-order valence-corrected chi connectivity index (χ3v) is 9.66. The van der Waals surface area contributed by atoms with Crippen LogP contribution in [-0.4, -0.2) is 103 Å². The maximum Gasteiger partial charge on any atom is 0.323 e. The molecule has 242 valence electrons. The number of aryl methyl sites for hydroxylation is 1. The van der Waals surface area contributed by atoms with Crippen molar-refractivity contribution in [2.45, 2.75) is 57.7 Å². The van der Waals surface area contributed by atoms with Crippen molar-refractivity contribution in [2.24, 2.45) is 7.05 Å². The van der Waals surface area contributed by atoms with E-state index in [4.69, 9.17) is 19.9 Å². The normalized spacial score (nSPS) is 20.7. The summed E-state index contributed by atoms with van der Waals surface area (Å²) in [7, 11) is 2.00. The van der Waals surface area contributed by atoms with E-state index < -0.39 is 0 Å². The summed E-state index contributed by atoms with van der Waals surface area (Å²) >= 11 is 0. The number of carbonyl (C=O) groups excluding carboxylic acids is 1. The fraction of sp³-hybridized carbons (Fsp3) is 0.500. The summed E-state index contributed by atoms with van der Waals surface area (Å²) in [5, 5.41) is 16.4. The van der Waals surface area contributed by atoms with Crippen molar-refractivity contribution >= 4 is 17.7 Å². The summed E-state index contributed by atoms with van der Waals surface area (Å²) in [5.74, 6) is 1.40. The molecule has 2 N–H and O–H groups in total. The minimum absolute atomic E-state index is 0.117. The standard InChI is InChI=1S/C34H44N10O2/c1-23-20-28-30(32(41(3)39-28)25-8-5-4-6-9-25)31-27(23)21-36-34(38-31)37-29-11-13-44(40-29)19-16-42-14-17-43(18-15-42)24(2)33(45)46-22-26-10-7-12-35-26/h4-6,8-9,11,13,21,23-24,26,35H,7,10,12,14-20,22H2,1-3H3,(H,36,37,38,40)/t23-,24?,26-/m1/s1. The highest BCUT2D eigenvalue weighted by Gasteiger charge is 2.31. The summed E-state index contributed by atoms with van der Waals surface area (Å²) in [6.45, 7) is 10.9. The van der Waals surface area contributed by atoms with E-state index in [9.17, 15) is 4.79 Å². The molecule has 2 saturated heterocycles. The van der Waals surface area contributed by atoms with Crippen molar-refractivity contribution in [3.05, 3.63) is 60.0 Å². The molecule has 7 rings (SSSR count). The predicted molar refractivity (Wildman–Crippen MR) is 177 cm³/mol. The van der Waals surface area contributed by atoms with E-state index >= 15 is 0 Å². The van der Waals surface area contributed by atoms with Crippen LogP contribution in [-0.2, 0) is 29.5 Å². The Balaban J connectivity index is 0.945. The zero-order valence-corrected chi connectivity index (χ0v) is 27.0. The second-order valence-electron chi connectivity index (χ2n) is 12.8. The number of aromatic nitrogens is 6. The van der Waals surface area contributed by atoms with E-state index in [1.165, 1.54) is 0 Å². The van der Waals surface area contributed by atoms with Crippen LogP contribution in [0.25, 0.3) is 22.5 Å². The molecule has 5 heterocycles. The summed E-state index contributed by atoms with van der Waals surface area (Å²) in [5.41, 5.74) is 6.43. The van der Waals surface area contributed by atoms with Gasteiger partial charge in [-0.15, -0.1) is 0 Å². The van der Waals surface area contributed by atoms with Crippen molar-refractivity contribution in [3.8, 4) is 22.5 Å². The predicted octanol–water partition coefficient (Wildman–Crippen LogP) is 3.45. The van der Waals surface area contributed by atoms with Gasteiger partial charge < -0.3 is 15.4 Å². The number of fused-ring (bicyclic) bond motifs is 3. The molecule has 12 heteroatoms. The monoisotopic (exact) mass is 624 g/mol. The van der Waals surface area contributed by atoms with Crippen LogP contribution in [0, 0.1) is 0 Å². The summed E-state index contributed by atoms with van der Waals surface area (Å²) in [6, 6.07) is 12.4. The van der Waals surface area contributed by atoms with Gasteiger partial charge in [-0.05, 0) is 38.6 Å². The van der Waals surface area contributed by atoms with E-state index in [-0.39, 0.29) is 17.9 Å². The molecular formula is C34H44N10O2. The number of rotatable bonds is 10. The molecule has 2 aliphatic heterocycles. The second-order valence-corrected chi connectivity index (χ2v) is 12.8. The fourth-order valence-electron chi connectivity index (χ4n) is 6.95. The molecule has 1 unspecified atom stereocenters. The Labute approximate surface area is 270 Å². The summed E-state index contributed by atoms with van der Waals surface area (Å²) in [4.78, 5) is 26.9. The Morgan fingerprint density at radius 2 is 1.93 bits per heavy atom. The molecule has 3 aromatic heterocycles. The number of nitrogens with zero attached hydrogens (tertiary/aromatic N) is 8. The number of benzene rings is 1. The van der Waals surface area contributed by atoms with Gasteiger partial charge in [0.2, 0.25) is 5.95 Å². The lowest BCUT2D eigenvalue weighted by atomic mass is 9.85. The van der Waals surface area contributed by atoms with Gasteiger partial charge in [0.25, 0.3) is 0 Å². The molecule has 3 atom stereocenters. The molecule has 1 aromatic carbocycles. The van der Waals surface area contributed by atoms with E-state index in [0.29, 0.717) is 24.4 Å². The lowest BCUT2D eigenvalue weighted by molar-refractivity contribution is -0.150. The molecule has 3 aliphatic rings. The van der Waals surface area contributed by atoms with Gasteiger partial charge in [-0.3, -0.25) is 24.0 Å². The number of nitrogens with one attached hydrogen (secondary N) is 2. The van der Waals surface area contributed by atoms with E-state index in [2.05, 4.69) is 56.6 Å². The van der Waals surface area contributed by atoms with Crippen LogP contribution in [0.3, 0.4) is 0 Å². The second kappa shape index (κ2) is 13.3. The lowest BCUT2D eigenvalue weighted by Gasteiger charge is -2.37. The topological polar surface area (TPSA) is 118 Å². The molecule has 0 saturated carbocycles. The molecule has 0 bridgehead atoms. The summed E-state index contributed by atoms with van der Waals surface area (Å²) < 4.78 is 9.54. The molecule has 0 amide bonds. The molecule has 0 radical (unpaired) electrons. The number of anilines is 2. The first kappa shape index (κ1) is 30.5. The van der Waals surface area contributed by atoms with Crippen molar-refractivity contribution in [1.29, 1.82) is 0 Å². The number of carbonyl (C=O) groups is 1. The van der Waals surface area contributed by atoms with Crippen molar-refractivity contribution in [3.63, 3.8) is 0 Å². The zero-order chi connectivity index (χ0) is 31.6. The molecule has 46 heavy (non-hydrogen) atoms. The average molecular weight is 625 g/mol. The highest BCUT2D eigenvalue weighted by molar-refractivity contribution is 5.84. The van der Waals surface area contributed by atoms with Crippen LogP contribution >= 0.6 is 0 Å². The van der Waals surface area contributed by atoms with Gasteiger partial charge >= 0.3 is 5.97 Å². The maximum absolute atomic E-state index is 12.6. The Morgan fingerprint density at radius 3 is 2.72 bits per heavy atom. The quantitative estimate of drug-likeness (QED) is 0.254.